The maximum Gasteiger partial charge on any atom is 0.227 e. The van der Waals surface area contributed by atoms with E-state index in [-0.39, 0.29) is 5.75 Å². The molecule has 0 saturated heterocycles. The fourth-order valence-corrected chi connectivity index (χ4v) is 1.53. The van der Waals surface area contributed by atoms with Crippen molar-refractivity contribution >= 4 is 0 Å². The lowest BCUT2D eigenvalue weighted by molar-refractivity contribution is 0.372. The van der Waals surface area contributed by atoms with Crippen molar-refractivity contribution in [3.8, 4) is 5.75 Å². The Morgan fingerprint density at radius 2 is 2.28 bits per heavy atom. The summed E-state index contributed by atoms with van der Waals surface area (Å²) in [5.74, 6) is 0.254. The van der Waals surface area contributed by atoms with Crippen LogP contribution in [0.15, 0.2) is 22.7 Å². The predicted molar refractivity (Wildman–Crippen MR) is 62.5 cm³/mol. The Kier molecular flexibility index (Phi) is 3.88. The molecule has 18 heavy (non-hydrogen) atoms. The molecule has 1 heterocycles. The number of halogens is 1. The number of phenolic OH excluding ortho intramolecular Hbond substituents is 1. The predicted octanol–water partition coefficient (Wildman–Crippen LogP) is 1.56. The first kappa shape index (κ1) is 12.5. The number of aryl methyl sites for hydroxylation is 1. The summed E-state index contributed by atoms with van der Waals surface area (Å²) in [5, 5.41) is 15.9. The van der Waals surface area contributed by atoms with Crippen molar-refractivity contribution in [2.45, 2.75) is 19.9 Å². The first-order chi connectivity index (χ1) is 8.65. The molecule has 2 rings (SSSR count). The van der Waals surface area contributed by atoms with Crippen LogP contribution in [0.4, 0.5) is 4.39 Å². The maximum atomic E-state index is 13.0. The Balaban J connectivity index is 1.76. The average molecular weight is 251 g/mol. The van der Waals surface area contributed by atoms with E-state index in [4.69, 9.17) is 9.63 Å². The number of rotatable bonds is 5. The smallest absolute Gasteiger partial charge is 0.227 e. The summed E-state index contributed by atoms with van der Waals surface area (Å²) in [4.78, 5) is 4.07. The summed E-state index contributed by atoms with van der Waals surface area (Å²) in [6.45, 7) is 2.94. The summed E-state index contributed by atoms with van der Waals surface area (Å²) in [6, 6.07) is 4.31. The van der Waals surface area contributed by atoms with E-state index in [1.165, 1.54) is 12.1 Å². The van der Waals surface area contributed by atoms with Crippen LogP contribution in [0.25, 0.3) is 0 Å². The molecular formula is C12H14FN3O2. The Bertz CT molecular complexity index is 528. The van der Waals surface area contributed by atoms with Crippen LogP contribution in [-0.2, 0) is 13.0 Å². The lowest BCUT2D eigenvalue weighted by atomic mass is 10.2. The van der Waals surface area contributed by atoms with Gasteiger partial charge in [-0.05, 0) is 24.6 Å². The van der Waals surface area contributed by atoms with Gasteiger partial charge in [0.2, 0.25) is 5.89 Å². The van der Waals surface area contributed by atoms with Gasteiger partial charge < -0.3 is 14.9 Å². The molecule has 0 saturated carbocycles. The van der Waals surface area contributed by atoms with E-state index >= 15 is 0 Å². The van der Waals surface area contributed by atoms with Gasteiger partial charge in [0.25, 0.3) is 0 Å². The quantitative estimate of drug-likeness (QED) is 0.789. The van der Waals surface area contributed by atoms with Crippen LogP contribution in [0.3, 0.4) is 0 Å². The van der Waals surface area contributed by atoms with E-state index in [1.54, 1.807) is 13.0 Å². The molecule has 0 fully saturated rings. The first-order valence-corrected chi connectivity index (χ1v) is 5.62. The van der Waals surface area contributed by atoms with E-state index in [0.29, 0.717) is 31.2 Å². The zero-order valence-electron chi connectivity index (χ0n) is 9.98. The third kappa shape index (κ3) is 3.27. The number of hydrogen-bond donors (Lipinski definition) is 2. The summed E-state index contributed by atoms with van der Waals surface area (Å²) >= 11 is 0. The minimum Gasteiger partial charge on any atom is -0.505 e. The third-order valence-corrected chi connectivity index (χ3v) is 2.43. The van der Waals surface area contributed by atoms with E-state index in [2.05, 4.69) is 15.5 Å². The second kappa shape index (κ2) is 5.59. The van der Waals surface area contributed by atoms with Crippen LogP contribution in [0.1, 0.15) is 17.3 Å². The molecule has 2 N–H and O–H groups in total. The van der Waals surface area contributed by atoms with Gasteiger partial charge in [-0.1, -0.05) is 11.2 Å². The topological polar surface area (TPSA) is 71.2 Å². The number of aromatic nitrogens is 2. The minimum atomic E-state index is -0.609. The SMILES string of the molecule is Cc1noc(CCNCc2ccc(O)c(F)c2)n1. The highest BCUT2D eigenvalue weighted by molar-refractivity contribution is 5.27. The Morgan fingerprint density at radius 1 is 1.44 bits per heavy atom. The molecule has 0 aliphatic carbocycles. The van der Waals surface area contributed by atoms with Gasteiger partial charge in [-0.2, -0.15) is 4.98 Å². The van der Waals surface area contributed by atoms with Gasteiger partial charge in [-0.25, -0.2) is 4.39 Å². The molecule has 0 atom stereocenters. The Morgan fingerprint density at radius 3 is 2.94 bits per heavy atom. The minimum absolute atomic E-state index is 0.333. The van der Waals surface area contributed by atoms with Crippen molar-refractivity contribution in [3.63, 3.8) is 0 Å². The van der Waals surface area contributed by atoms with Crippen molar-refractivity contribution in [1.29, 1.82) is 0 Å². The fourth-order valence-electron chi connectivity index (χ4n) is 1.53. The molecule has 1 aromatic heterocycles. The number of nitrogens with one attached hydrogen (secondary N) is 1. The molecule has 1 aromatic carbocycles. The van der Waals surface area contributed by atoms with Crippen molar-refractivity contribution in [2.24, 2.45) is 0 Å². The summed E-state index contributed by atoms with van der Waals surface area (Å²) in [6.07, 6.45) is 0.626. The number of hydrogen-bond acceptors (Lipinski definition) is 5. The van der Waals surface area contributed by atoms with Crippen LogP contribution < -0.4 is 5.32 Å². The number of phenols is 1. The molecule has 0 unspecified atom stereocenters. The van der Waals surface area contributed by atoms with Crippen molar-refractivity contribution in [2.75, 3.05) is 6.54 Å². The molecule has 0 amide bonds. The van der Waals surface area contributed by atoms with Gasteiger partial charge in [0.05, 0.1) is 0 Å². The monoisotopic (exact) mass is 251 g/mol. The van der Waals surface area contributed by atoms with Crippen LogP contribution in [0.5, 0.6) is 5.75 Å². The zero-order valence-corrected chi connectivity index (χ0v) is 9.98. The van der Waals surface area contributed by atoms with Crippen molar-refractivity contribution < 1.29 is 14.0 Å². The van der Waals surface area contributed by atoms with Gasteiger partial charge in [-0.15, -0.1) is 0 Å². The molecular weight excluding hydrogens is 237 g/mol. The van der Waals surface area contributed by atoms with Crippen LogP contribution >= 0.6 is 0 Å². The van der Waals surface area contributed by atoms with Crippen LogP contribution in [0.2, 0.25) is 0 Å². The highest BCUT2D eigenvalue weighted by Crippen LogP contribution is 2.15. The van der Waals surface area contributed by atoms with Gasteiger partial charge in [-0.3, -0.25) is 0 Å². The highest BCUT2D eigenvalue weighted by atomic mass is 19.1. The highest BCUT2D eigenvalue weighted by Gasteiger charge is 2.03. The summed E-state index contributed by atoms with van der Waals surface area (Å²) in [7, 11) is 0. The molecule has 0 radical (unpaired) electrons. The van der Waals surface area contributed by atoms with Crippen molar-refractivity contribution in [1.82, 2.24) is 15.5 Å². The van der Waals surface area contributed by atoms with Crippen LogP contribution in [0, 0.1) is 12.7 Å². The number of benzene rings is 1. The molecule has 6 heteroatoms. The lowest BCUT2D eigenvalue weighted by Crippen LogP contribution is -2.16. The molecule has 2 aromatic rings. The average Bonchev–Trinajstić information content (AvgIpc) is 2.75. The van der Waals surface area contributed by atoms with E-state index in [9.17, 15) is 4.39 Å². The molecule has 5 nitrogen and oxygen atoms in total. The van der Waals surface area contributed by atoms with Crippen LogP contribution in [-0.4, -0.2) is 21.8 Å². The standard InChI is InChI=1S/C12H14FN3O2/c1-8-15-12(18-16-8)4-5-14-7-9-2-3-11(17)10(13)6-9/h2-3,6,14,17H,4-5,7H2,1H3. The summed E-state index contributed by atoms with van der Waals surface area (Å²) < 4.78 is 18.0. The van der Waals surface area contributed by atoms with Gasteiger partial charge in [0, 0.05) is 19.5 Å². The number of aromatic hydroxyl groups is 1. The van der Waals surface area contributed by atoms with Gasteiger partial charge in [0.1, 0.15) is 0 Å². The Hall–Kier alpha value is -1.95. The third-order valence-electron chi connectivity index (χ3n) is 2.43. The second-order valence-corrected chi connectivity index (χ2v) is 3.95. The second-order valence-electron chi connectivity index (χ2n) is 3.95. The molecule has 96 valence electrons. The largest absolute Gasteiger partial charge is 0.505 e. The Labute approximate surface area is 104 Å². The molecule has 0 spiro atoms. The van der Waals surface area contributed by atoms with E-state index in [1.807, 2.05) is 0 Å². The van der Waals surface area contributed by atoms with E-state index < -0.39 is 5.82 Å². The first-order valence-electron chi connectivity index (χ1n) is 5.62. The summed E-state index contributed by atoms with van der Waals surface area (Å²) in [5.41, 5.74) is 0.770. The molecule has 0 aliphatic heterocycles. The van der Waals surface area contributed by atoms with Gasteiger partial charge in [0.15, 0.2) is 17.4 Å². The normalized spacial score (nSPS) is 10.8. The lowest BCUT2D eigenvalue weighted by Gasteiger charge is -2.04. The zero-order chi connectivity index (χ0) is 13.0. The number of nitrogens with zero attached hydrogens (tertiary/aromatic N) is 2. The fraction of sp³-hybridized carbons (Fsp3) is 0.333. The van der Waals surface area contributed by atoms with Gasteiger partial charge >= 0.3 is 0 Å². The van der Waals surface area contributed by atoms with E-state index in [0.717, 1.165) is 5.56 Å². The van der Waals surface area contributed by atoms with Crippen molar-refractivity contribution in [3.05, 3.63) is 41.3 Å². The molecule has 0 bridgehead atoms. The molecule has 0 aliphatic rings. The maximum absolute atomic E-state index is 13.0.